The van der Waals surface area contributed by atoms with E-state index >= 15 is 0 Å². The first kappa shape index (κ1) is 15.2. The van der Waals surface area contributed by atoms with Crippen LogP contribution in [0.3, 0.4) is 0 Å². The molecule has 24 heavy (non-hydrogen) atoms. The minimum absolute atomic E-state index is 0.235. The van der Waals surface area contributed by atoms with Crippen LogP contribution in [0.15, 0.2) is 57.4 Å². The van der Waals surface area contributed by atoms with Crippen LogP contribution in [0.5, 0.6) is 5.75 Å². The van der Waals surface area contributed by atoms with Gasteiger partial charge in [-0.3, -0.25) is 0 Å². The minimum atomic E-state index is 0.235. The van der Waals surface area contributed by atoms with Gasteiger partial charge in [0.25, 0.3) is 0 Å². The highest BCUT2D eigenvalue weighted by molar-refractivity contribution is 9.10. The molecule has 0 aliphatic carbocycles. The molecule has 0 spiro atoms. The Bertz CT molecular complexity index is 865. The lowest BCUT2D eigenvalue weighted by molar-refractivity contribution is 0.266. The highest BCUT2D eigenvalue weighted by atomic mass is 79.9. The Morgan fingerprint density at radius 3 is 2.79 bits per heavy atom. The van der Waals surface area contributed by atoms with Crippen LogP contribution in [-0.4, -0.2) is 22.8 Å². The minimum Gasteiger partial charge on any atom is -0.489 e. The van der Waals surface area contributed by atoms with Crippen LogP contribution in [0, 0.1) is 0 Å². The number of para-hydroxylation sites is 2. The van der Waals surface area contributed by atoms with Gasteiger partial charge in [-0.2, -0.15) is 0 Å². The van der Waals surface area contributed by atoms with Gasteiger partial charge in [0.1, 0.15) is 12.4 Å². The van der Waals surface area contributed by atoms with Crippen LogP contribution < -0.4 is 9.64 Å². The summed E-state index contributed by atoms with van der Waals surface area (Å²) in [7, 11) is 0. The van der Waals surface area contributed by atoms with E-state index in [1.54, 1.807) is 0 Å². The van der Waals surface area contributed by atoms with Crippen molar-refractivity contribution in [3.63, 3.8) is 0 Å². The van der Waals surface area contributed by atoms with Gasteiger partial charge in [-0.1, -0.05) is 24.3 Å². The van der Waals surface area contributed by atoms with Crippen molar-refractivity contribution in [2.45, 2.75) is 19.5 Å². The highest BCUT2D eigenvalue weighted by Gasteiger charge is 2.26. The fraction of sp³-hybridized carbons (Fsp3) is 0.222. The van der Waals surface area contributed by atoms with E-state index in [0.29, 0.717) is 24.9 Å². The molecule has 5 nitrogen and oxygen atoms in total. The van der Waals surface area contributed by atoms with Gasteiger partial charge in [0, 0.05) is 4.47 Å². The second kappa shape index (κ2) is 6.28. The maximum atomic E-state index is 5.88. The van der Waals surface area contributed by atoms with E-state index in [1.807, 2.05) is 42.5 Å². The number of halogens is 1. The number of benzene rings is 2. The van der Waals surface area contributed by atoms with Crippen LogP contribution in [0.25, 0.3) is 11.5 Å². The van der Waals surface area contributed by atoms with Crippen molar-refractivity contribution in [1.82, 2.24) is 10.2 Å². The van der Waals surface area contributed by atoms with Gasteiger partial charge in [0.05, 0.1) is 23.8 Å². The molecule has 0 saturated carbocycles. The molecule has 3 aromatic rings. The fourth-order valence-corrected chi connectivity index (χ4v) is 3.26. The average Bonchev–Trinajstić information content (AvgIpc) is 3.06. The van der Waals surface area contributed by atoms with Gasteiger partial charge in [0.2, 0.25) is 11.8 Å². The molecule has 0 bridgehead atoms. The molecule has 1 unspecified atom stereocenters. The highest BCUT2D eigenvalue weighted by Crippen LogP contribution is 2.35. The number of nitrogens with zero attached hydrogens (tertiary/aromatic N) is 3. The fourth-order valence-electron chi connectivity index (χ4n) is 2.80. The monoisotopic (exact) mass is 385 g/mol. The first-order valence-corrected chi connectivity index (χ1v) is 8.57. The van der Waals surface area contributed by atoms with Gasteiger partial charge in [0.15, 0.2) is 0 Å². The summed E-state index contributed by atoms with van der Waals surface area (Å²) < 4.78 is 12.6. The molecule has 1 aliphatic rings. The third-order valence-corrected chi connectivity index (χ3v) is 4.76. The van der Waals surface area contributed by atoms with Crippen molar-refractivity contribution in [2.24, 2.45) is 0 Å². The molecular formula is C18H16BrN3O2. The average molecular weight is 386 g/mol. The summed E-state index contributed by atoms with van der Waals surface area (Å²) in [5, 5.41) is 8.40. The zero-order chi connectivity index (χ0) is 16.5. The van der Waals surface area contributed by atoms with E-state index in [1.165, 1.54) is 0 Å². The number of rotatable bonds is 3. The number of fused-ring (bicyclic) bond motifs is 1. The van der Waals surface area contributed by atoms with E-state index in [9.17, 15) is 0 Å². The van der Waals surface area contributed by atoms with Gasteiger partial charge in [-0.25, -0.2) is 0 Å². The molecule has 1 aromatic heterocycles. The maximum Gasteiger partial charge on any atom is 0.248 e. The lowest BCUT2D eigenvalue weighted by Gasteiger charge is -2.35. The SMILES string of the molecule is CC1COc2ccccc2N1Cc1nnc(-c2ccccc2Br)o1. The molecule has 1 atom stereocenters. The van der Waals surface area contributed by atoms with E-state index in [2.05, 4.69) is 44.0 Å². The molecule has 0 N–H and O–H groups in total. The predicted molar refractivity (Wildman–Crippen MR) is 95.0 cm³/mol. The second-order valence-electron chi connectivity index (χ2n) is 5.74. The van der Waals surface area contributed by atoms with Gasteiger partial charge in [-0.15, -0.1) is 10.2 Å². The Hall–Kier alpha value is -2.34. The standard InChI is InChI=1S/C18H16BrN3O2/c1-12-11-23-16-9-5-4-8-15(16)22(12)10-17-20-21-18(24-17)13-6-2-3-7-14(13)19/h2-9,12H,10-11H2,1H3. The lowest BCUT2D eigenvalue weighted by atomic mass is 10.1. The second-order valence-corrected chi connectivity index (χ2v) is 6.59. The van der Waals surface area contributed by atoms with Crippen molar-refractivity contribution in [3.8, 4) is 17.2 Å². The van der Waals surface area contributed by atoms with Crippen molar-refractivity contribution < 1.29 is 9.15 Å². The van der Waals surface area contributed by atoms with Crippen molar-refractivity contribution >= 4 is 21.6 Å². The summed E-state index contributed by atoms with van der Waals surface area (Å²) in [6.07, 6.45) is 0. The Morgan fingerprint density at radius 1 is 1.12 bits per heavy atom. The van der Waals surface area contributed by atoms with Crippen molar-refractivity contribution in [1.29, 1.82) is 0 Å². The van der Waals surface area contributed by atoms with Crippen LogP contribution in [-0.2, 0) is 6.54 Å². The molecule has 0 saturated heterocycles. The van der Waals surface area contributed by atoms with Gasteiger partial charge in [-0.05, 0) is 47.1 Å². The zero-order valence-corrected chi connectivity index (χ0v) is 14.7. The molecular weight excluding hydrogens is 370 g/mol. The van der Waals surface area contributed by atoms with E-state index in [4.69, 9.17) is 9.15 Å². The van der Waals surface area contributed by atoms with Crippen LogP contribution >= 0.6 is 15.9 Å². The molecule has 6 heteroatoms. The maximum absolute atomic E-state index is 5.88. The number of hydrogen-bond acceptors (Lipinski definition) is 5. The molecule has 0 radical (unpaired) electrons. The first-order valence-electron chi connectivity index (χ1n) is 7.78. The molecule has 0 fully saturated rings. The van der Waals surface area contributed by atoms with E-state index < -0.39 is 0 Å². The molecule has 122 valence electrons. The number of hydrogen-bond donors (Lipinski definition) is 0. The third kappa shape index (κ3) is 2.78. The number of aromatic nitrogens is 2. The van der Waals surface area contributed by atoms with Crippen molar-refractivity contribution in [2.75, 3.05) is 11.5 Å². The lowest BCUT2D eigenvalue weighted by Crippen LogP contribution is -2.40. The third-order valence-electron chi connectivity index (χ3n) is 4.06. The van der Waals surface area contributed by atoms with Gasteiger partial charge < -0.3 is 14.1 Å². The Labute approximate surface area is 148 Å². The van der Waals surface area contributed by atoms with Crippen molar-refractivity contribution in [3.05, 3.63) is 58.9 Å². The Kier molecular flexibility index (Phi) is 3.98. The zero-order valence-electron chi connectivity index (χ0n) is 13.1. The predicted octanol–water partition coefficient (Wildman–Crippen LogP) is 4.29. The quantitative estimate of drug-likeness (QED) is 0.672. The van der Waals surface area contributed by atoms with E-state index in [0.717, 1.165) is 21.5 Å². The molecule has 2 heterocycles. The normalized spacial score (nSPS) is 16.6. The van der Waals surface area contributed by atoms with Crippen LogP contribution in [0.4, 0.5) is 5.69 Å². The molecule has 2 aromatic carbocycles. The van der Waals surface area contributed by atoms with E-state index in [-0.39, 0.29) is 6.04 Å². The molecule has 4 rings (SSSR count). The van der Waals surface area contributed by atoms with Crippen LogP contribution in [0.2, 0.25) is 0 Å². The summed E-state index contributed by atoms with van der Waals surface area (Å²) in [6, 6.07) is 16.1. The Morgan fingerprint density at radius 2 is 1.92 bits per heavy atom. The summed E-state index contributed by atoms with van der Waals surface area (Å²) >= 11 is 3.52. The summed E-state index contributed by atoms with van der Waals surface area (Å²) in [5.41, 5.74) is 1.95. The Balaban J connectivity index is 1.62. The van der Waals surface area contributed by atoms with Gasteiger partial charge >= 0.3 is 0 Å². The van der Waals surface area contributed by atoms with Crippen LogP contribution in [0.1, 0.15) is 12.8 Å². The summed E-state index contributed by atoms with van der Waals surface area (Å²) in [5.74, 6) is 2.00. The molecule has 1 aliphatic heterocycles. The largest absolute Gasteiger partial charge is 0.489 e. The number of anilines is 1. The summed E-state index contributed by atoms with van der Waals surface area (Å²) in [6.45, 7) is 3.32. The molecule has 0 amide bonds. The summed E-state index contributed by atoms with van der Waals surface area (Å²) in [4.78, 5) is 2.23. The smallest absolute Gasteiger partial charge is 0.248 e. The topological polar surface area (TPSA) is 51.4 Å². The number of ether oxygens (including phenoxy) is 1. The first-order chi connectivity index (χ1) is 11.7.